The average Bonchev–Trinajstić information content (AvgIpc) is 2.55. The molecule has 0 radical (unpaired) electrons. The Morgan fingerprint density at radius 1 is 1.31 bits per heavy atom. The van der Waals surface area contributed by atoms with Gasteiger partial charge in [0.05, 0.1) is 6.04 Å². The highest BCUT2D eigenvalue weighted by atomic mass is 32.1. The first-order chi connectivity index (χ1) is 7.32. The van der Waals surface area contributed by atoms with Gasteiger partial charge in [0.15, 0.2) is 0 Å². The van der Waals surface area contributed by atoms with Gasteiger partial charge in [-0.1, -0.05) is 27.7 Å². The van der Waals surface area contributed by atoms with E-state index in [0.29, 0.717) is 16.7 Å². The zero-order valence-corrected chi connectivity index (χ0v) is 11.6. The van der Waals surface area contributed by atoms with Gasteiger partial charge in [0, 0.05) is 4.88 Å². The normalized spacial score (nSPS) is 24.4. The molecule has 1 heterocycles. The first-order valence-corrected chi connectivity index (χ1v) is 6.71. The third-order valence-corrected chi connectivity index (χ3v) is 5.63. The molecule has 1 aliphatic rings. The fourth-order valence-corrected chi connectivity index (χ4v) is 3.83. The number of hydrazine groups is 1. The SMILES string of the molecule is Cc1cc(C(NN)C2C(C)(C)C2(C)C)cs1. The Labute approximate surface area is 102 Å². The maximum Gasteiger partial charge on any atom is 0.0507 e. The van der Waals surface area contributed by atoms with Gasteiger partial charge in [-0.05, 0) is 40.7 Å². The van der Waals surface area contributed by atoms with Crippen molar-refractivity contribution in [1.29, 1.82) is 0 Å². The number of thiophene rings is 1. The minimum absolute atomic E-state index is 0.287. The van der Waals surface area contributed by atoms with Crippen molar-refractivity contribution in [3.8, 4) is 0 Å². The highest BCUT2D eigenvalue weighted by Crippen LogP contribution is 2.72. The lowest BCUT2D eigenvalue weighted by molar-refractivity contribution is 0.418. The van der Waals surface area contributed by atoms with Gasteiger partial charge in [-0.2, -0.15) is 0 Å². The first kappa shape index (κ1) is 12.1. The molecule has 0 amide bonds. The van der Waals surface area contributed by atoms with Crippen LogP contribution >= 0.6 is 11.3 Å². The second-order valence-corrected chi connectivity index (χ2v) is 7.17. The third kappa shape index (κ3) is 1.53. The molecule has 1 atom stereocenters. The quantitative estimate of drug-likeness (QED) is 0.626. The van der Waals surface area contributed by atoms with Gasteiger partial charge in [-0.3, -0.25) is 11.3 Å². The van der Waals surface area contributed by atoms with Crippen LogP contribution in [0.15, 0.2) is 11.4 Å². The Hall–Kier alpha value is -0.380. The van der Waals surface area contributed by atoms with E-state index < -0.39 is 0 Å². The molecule has 0 aromatic carbocycles. The molecule has 0 bridgehead atoms. The second-order valence-electron chi connectivity index (χ2n) is 6.06. The lowest BCUT2D eigenvalue weighted by atomic mass is 9.99. The van der Waals surface area contributed by atoms with Crippen LogP contribution in [-0.2, 0) is 0 Å². The molecule has 2 nitrogen and oxygen atoms in total. The van der Waals surface area contributed by atoms with Gasteiger partial charge in [0.25, 0.3) is 0 Å². The number of aryl methyl sites for hydroxylation is 1. The van der Waals surface area contributed by atoms with Crippen LogP contribution in [0.1, 0.15) is 44.2 Å². The molecule has 3 heteroatoms. The summed E-state index contributed by atoms with van der Waals surface area (Å²) in [6, 6.07) is 2.54. The predicted molar refractivity (Wildman–Crippen MR) is 70.2 cm³/mol. The smallest absolute Gasteiger partial charge is 0.0507 e. The zero-order chi connectivity index (χ0) is 12.1. The molecule has 3 N–H and O–H groups in total. The molecule has 1 aliphatic carbocycles. The zero-order valence-electron chi connectivity index (χ0n) is 10.8. The largest absolute Gasteiger partial charge is 0.271 e. The number of hydrogen-bond donors (Lipinski definition) is 2. The number of hydrogen-bond acceptors (Lipinski definition) is 3. The molecule has 0 aliphatic heterocycles. The molecule has 1 fully saturated rings. The van der Waals surface area contributed by atoms with Crippen molar-refractivity contribution in [3.05, 3.63) is 21.9 Å². The summed E-state index contributed by atoms with van der Waals surface area (Å²) in [7, 11) is 0. The van der Waals surface area contributed by atoms with Crippen molar-refractivity contribution in [2.45, 2.75) is 40.7 Å². The molecule has 1 aromatic heterocycles. The predicted octanol–water partition coefficient (Wildman–Crippen LogP) is 3.24. The van der Waals surface area contributed by atoms with E-state index in [0.717, 1.165) is 0 Å². The summed E-state index contributed by atoms with van der Waals surface area (Å²) < 4.78 is 0. The van der Waals surface area contributed by atoms with Gasteiger partial charge < -0.3 is 0 Å². The highest BCUT2D eigenvalue weighted by Gasteiger charge is 2.67. The van der Waals surface area contributed by atoms with E-state index in [4.69, 9.17) is 5.84 Å². The van der Waals surface area contributed by atoms with E-state index in [1.165, 1.54) is 10.4 Å². The van der Waals surface area contributed by atoms with Gasteiger partial charge in [0.1, 0.15) is 0 Å². The summed E-state index contributed by atoms with van der Waals surface area (Å²) in [4.78, 5) is 1.35. The molecule has 2 rings (SSSR count). The first-order valence-electron chi connectivity index (χ1n) is 5.83. The van der Waals surface area contributed by atoms with Gasteiger partial charge in [0.2, 0.25) is 0 Å². The van der Waals surface area contributed by atoms with Crippen LogP contribution in [-0.4, -0.2) is 0 Å². The van der Waals surface area contributed by atoms with Crippen LogP contribution in [0.25, 0.3) is 0 Å². The number of rotatable bonds is 3. The number of nitrogens with two attached hydrogens (primary N) is 1. The Bertz CT molecular complexity index is 378. The minimum Gasteiger partial charge on any atom is -0.271 e. The van der Waals surface area contributed by atoms with Crippen LogP contribution < -0.4 is 11.3 Å². The van der Waals surface area contributed by atoms with Crippen molar-refractivity contribution in [2.24, 2.45) is 22.6 Å². The molecule has 1 unspecified atom stereocenters. The van der Waals surface area contributed by atoms with Crippen molar-refractivity contribution in [1.82, 2.24) is 5.43 Å². The van der Waals surface area contributed by atoms with Crippen LogP contribution in [0.2, 0.25) is 0 Å². The Morgan fingerprint density at radius 2 is 1.88 bits per heavy atom. The van der Waals surface area contributed by atoms with Crippen molar-refractivity contribution < 1.29 is 0 Å². The number of nitrogens with one attached hydrogen (secondary N) is 1. The average molecular weight is 238 g/mol. The summed E-state index contributed by atoms with van der Waals surface area (Å²) in [6.45, 7) is 11.5. The van der Waals surface area contributed by atoms with E-state index in [1.54, 1.807) is 11.3 Å². The van der Waals surface area contributed by atoms with E-state index in [1.807, 2.05) is 0 Å². The van der Waals surface area contributed by atoms with Gasteiger partial charge in [-0.25, -0.2) is 0 Å². The van der Waals surface area contributed by atoms with Crippen molar-refractivity contribution in [2.75, 3.05) is 0 Å². The molecule has 16 heavy (non-hydrogen) atoms. The Kier molecular flexibility index (Phi) is 2.69. The topological polar surface area (TPSA) is 38.0 Å². The molecule has 0 spiro atoms. The van der Waals surface area contributed by atoms with Crippen molar-refractivity contribution in [3.63, 3.8) is 0 Å². The molecular formula is C13H22N2S. The van der Waals surface area contributed by atoms with E-state index >= 15 is 0 Å². The minimum atomic E-state index is 0.287. The van der Waals surface area contributed by atoms with Gasteiger partial charge in [-0.15, -0.1) is 11.3 Å². The lowest BCUT2D eigenvalue weighted by Crippen LogP contribution is -2.31. The van der Waals surface area contributed by atoms with Crippen LogP contribution in [0.5, 0.6) is 0 Å². The van der Waals surface area contributed by atoms with E-state index in [-0.39, 0.29) is 6.04 Å². The molecule has 90 valence electrons. The van der Waals surface area contributed by atoms with Crippen LogP contribution in [0.3, 0.4) is 0 Å². The standard InChI is InChI=1S/C13H22N2S/c1-8-6-9(7-16-8)10(15-14)11-12(2,3)13(11,4)5/h6-7,10-11,15H,14H2,1-5H3. The molecular weight excluding hydrogens is 216 g/mol. The summed E-state index contributed by atoms with van der Waals surface area (Å²) >= 11 is 1.80. The third-order valence-electron chi connectivity index (χ3n) is 4.76. The maximum absolute atomic E-state index is 5.75. The molecule has 1 saturated carbocycles. The van der Waals surface area contributed by atoms with Crippen LogP contribution in [0, 0.1) is 23.7 Å². The van der Waals surface area contributed by atoms with Gasteiger partial charge >= 0.3 is 0 Å². The Balaban J connectivity index is 2.26. The van der Waals surface area contributed by atoms with Crippen molar-refractivity contribution >= 4 is 11.3 Å². The van der Waals surface area contributed by atoms with E-state index in [2.05, 4.69) is 51.5 Å². The summed E-state index contributed by atoms with van der Waals surface area (Å²) in [6.07, 6.45) is 0. The highest BCUT2D eigenvalue weighted by molar-refractivity contribution is 7.10. The van der Waals surface area contributed by atoms with E-state index in [9.17, 15) is 0 Å². The fraction of sp³-hybridized carbons (Fsp3) is 0.692. The maximum atomic E-state index is 5.75. The summed E-state index contributed by atoms with van der Waals surface area (Å²) in [5.74, 6) is 6.36. The molecule has 1 aromatic rings. The van der Waals surface area contributed by atoms with Crippen LogP contribution in [0.4, 0.5) is 0 Å². The summed E-state index contributed by atoms with van der Waals surface area (Å²) in [5.41, 5.74) is 5.07. The summed E-state index contributed by atoms with van der Waals surface area (Å²) in [5, 5.41) is 2.23. The Morgan fingerprint density at radius 3 is 2.19 bits per heavy atom. The second kappa shape index (κ2) is 3.56. The lowest BCUT2D eigenvalue weighted by Gasteiger charge is -2.17. The fourth-order valence-electron chi connectivity index (χ4n) is 3.09. The monoisotopic (exact) mass is 238 g/mol. The molecule has 0 saturated heterocycles.